The van der Waals surface area contributed by atoms with Crippen LogP contribution in [0.15, 0.2) is 60.0 Å². The lowest BCUT2D eigenvalue weighted by Gasteiger charge is -2.25. The van der Waals surface area contributed by atoms with Gasteiger partial charge in [0.05, 0.1) is 6.54 Å². The summed E-state index contributed by atoms with van der Waals surface area (Å²) in [5.74, 6) is 1.99. The number of carbonyl (C=O) groups excluding carboxylic acids is 1. The van der Waals surface area contributed by atoms with Crippen molar-refractivity contribution in [1.82, 2.24) is 4.90 Å². The second-order valence-corrected chi connectivity index (χ2v) is 7.65. The van der Waals surface area contributed by atoms with E-state index in [9.17, 15) is 4.79 Å². The Morgan fingerprint density at radius 1 is 0.964 bits per heavy atom. The van der Waals surface area contributed by atoms with E-state index in [0.29, 0.717) is 42.7 Å². The number of ether oxygens (including phenoxy) is 3. The number of fused-ring (bicyclic) bond motifs is 2. The minimum absolute atomic E-state index is 0.0574. The van der Waals surface area contributed by atoms with Crippen molar-refractivity contribution in [2.75, 3.05) is 19.8 Å². The van der Waals surface area contributed by atoms with E-state index in [1.165, 1.54) is 11.3 Å². The van der Waals surface area contributed by atoms with E-state index in [-0.39, 0.29) is 12.0 Å². The molecule has 0 bridgehead atoms. The van der Waals surface area contributed by atoms with Crippen LogP contribution < -0.4 is 14.2 Å². The molecular weight excluding hydrogens is 374 g/mol. The normalized spacial score (nSPS) is 18.0. The van der Waals surface area contributed by atoms with Crippen molar-refractivity contribution in [3.8, 4) is 17.2 Å². The van der Waals surface area contributed by atoms with Gasteiger partial charge in [0.15, 0.2) is 11.5 Å². The number of rotatable bonds is 2. The molecule has 0 fully saturated rings. The maximum atomic E-state index is 13.4. The molecule has 0 spiro atoms. The van der Waals surface area contributed by atoms with Crippen LogP contribution in [0.3, 0.4) is 0 Å². The van der Waals surface area contributed by atoms with E-state index >= 15 is 0 Å². The minimum atomic E-state index is -0.234. The molecule has 1 aromatic heterocycles. The fraction of sp³-hybridized carbons (Fsp3) is 0.227. The van der Waals surface area contributed by atoms with Crippen LogP contribution in [0.4, 0.5) is 0 Å². The third-order valence-electron chi connectivity index (χ3n) is 4.94. The highest BCUT2D eigenvalue weighted by atomic mass is 32.1. The number of benzene rings is 2. The minimum Gasteiger partial charge on any atom is -0.485 e. The number of thiophene rings is 1. The Morgan fingerprint density at radius 2 is 1.75 bits per heavy atom. The summed E-state index contributed by atoms with van der Waals surface area (Å²) in [6, 6.07) is 17.9. The predicted octanol–water partition coefficient (Wildman–Crippen LogP) is 4.30. The Balaban J connectivity index is 1.51. The van der Waals surface area contributed by atoms with Crippen molar-refractivity contribution < 1.29 is 19.0 Å². The maximum Gasteiger partial charge on any atom is 0.268 e. The van der Waals surface area contributed by atoms with Crippen molar-refractivity contribution in [2.45, 2.75) is 12.6 Å². The summed E-state index contributed by atoms with van der Waals surface area (Å²) < 4.78 is 17.6. The number of hydrogen-bond donors (Lipinski definition) is 0. The SMILES string of the molecule is O=C(c1scc2c1OCCO2)N1Cc2ccccc2OC(c2ccccc2)C1. The van der Waals surface area contributed by atoms with Gasteiger partial charge in [0, 0.05) is 17.5 Å². The first kappa shape index (κ1) is 17.1. The molecule has 142 valence electrons. The van der Waals surface area contributed by atoms with E-state index < -0.39 is 0 Å². The van der Waals surface area contributed by atoms with Gasteiger partial charge in [0.1, 0.15) is 29.9 Å². The lowest BCUT2D eigenvalue weighted by atomic mass is 10.1. The van der Waals surface area contributed by atoms with Crippen LogP contribution in [-0.4, -0.2) is 30.6 Å². The van der Waals surface area contributed by atoms with E-state index in [1.54, 1.807) is 0 Å². The Bertz CT molecular complexity index is 1000. The molecule has 0 aliphatic carbocycles. The van der Waals surface area contributed by atoms with Crippen LogP contribution in [0.25, 0.3) is 0 Å². The zero-order valence-electron chi connectivity index (χ0n) is 15.2. The van der Waals surface area contributed by atoms with E-state index in [1.807, 2.05) is 64.9 Å². The second-order valence-electron chi connectivity index (χ2n) is 6.77. The molecule has 2 aliphatic heterocycles. The Morgan fingerprint density at radius 3 is 2.64 bits per heavy atom. The van der Waals surface area contributed by atoms with Crippen LogP contribution in [0, 0.1) is 0 Å². The van der Waals surface area contributed by atoms with Gasteiger partial charge in [-0.15, -0.1) is 11.3 Å². The van der Waals surface area contributed by atoms with Gasteiger partial charge in [-0.05, 0) is 11.6 Å². The summed E-state index contributed by atoms with van der Waals surface area (Å²) in [5.41, 5.74) is 2.04. The topological polar surface area (TPSA) is 48.0 Å². The van der Waals surface area contributed by atoms with Gasteiger partial charge in [-0.2, -0.15) is 0 Å². The fourth-order valence-corrected chi connectivity index (χ4v) is 4.46. The number of hydrogen-bond acceptors (Lipinski definition) is 5. The molecule has 0 saturated carbocycles. The van der Waals surface area contributed by atoms with Gasteiger partial charge in [-0.1, -0.05) is 48.5 Å². The first-order valence-corrected chi connectivity index (χ1v) is 10.1. The lowest BCUT2D eigenvalue weighted by Crippen LogP contribution is -2.34. The van der Waals surface area contributed by atoms with E-state index in [2.05, 4.69) is 0 Å². The summed E-state index contributed by atoms with van der Waals surface area (Å²) in [6.07, 6.45) is -0.234. The monoisotopic (exact) mass is 393 g/mol. The van der Waals surface area contributed by atoms with Gasteiger partial charge < -0.3 is 19.1 Å². The zero-order chi connectivity index (χ0) is 18.9. The average molecular weight is 393 g/mol. The highest BCUT2D eigenvalue weighted by molar-refractivity contribution is 7.12. The molecule has 0 saturated heterocycles. The second kappa shape index (κ2) is 7.20. The van der Waals surface area contributed by atoms with Crippen molar-refractivity contribution in [3.63, 3.8) is 0 Å². The predicted molar refractivity (Wildman–Crippen MR) is 106 cm³/mol. The van der Waals surface area contributed by atoms with Crippen molar-refractivity contribution in [3.05, 3.63) is 76.0 Å². The molecule has 6 heteroatoms. The molecule has 0 N–H and O–H groups in total. The molecule has 2 aromatic carbocycles. The zero-order valence-corrected chi connectivity index (χ0v) is 16.0. The summed E-state index contributed by atoms with van der Waals surface area (Å²) in [4.78, 5) is 15.8. The van der Waals surface area contributed by atoms with Gasteiger partial charge in [0.25, 0.3) is 5.91 Å². The molecule has 1 amide bonds. The largest absolute Gasteiger partial charge is 0.485 e. The van der Waals surface area contributed by atoms with Gasteiger partial charge in [-0.25, -0.2) is 0 Å². The Labute approximate surface area is 167 Å². The Hall–Kier alpha value is -2.99. The first-order chi connectivity index (χ1) is 13.8. The first-order valence-electron chi connectivity index (χ1n) is 9.25. The number of carbonyl (C=O) groups is 1. The lowest BCUT2D eigenvalue weighted by molar-refractivity contribution is 0.0674. The molecule has 3 aromatic rings. The number of para-hydroxylation sites is 1. The molecule has 1 unspecified atom stereocenters. The van der Waals surface area contributed by atoms with Gasteiger partial charge in [-0.3, -0.25) is 4.79 Å². The molecule has 2 aliphatic rings. The van der Waals surface area contributed by atoms with Gasteiger partial charge >= 0.3 is 0 Å². The van der Waals surface area contributed by atoms with E-state index in [0.717, 1.165) is 16.9 Å². The molecule has 0 radical (unpaired) electrons. The maximum absolute atomic E-state index is 13.4. The summed E-state index contributed by atoms with van der Waals surface area (Å²) in [7, 11) is 0. The Kier molecular flexibility index (Phi) is 4.41. The highest BCUT2D eigenvalue weighted by Gasteiger charge is 2.31. The van der Waals surface area contributed by atoms with E-state index in [4.69, 9.17) is 14.2 Å². The quantitative estimate of drug-likeness (QED) is 0.652. The van der Waals surface area contributed by atoms with Crippen LogP contribution in [0.5, 0.6) is 17.2 Å². The molecule has 28 heavy (non-hydrogen) atoms. The number of nitrogens with zero attached hydrogens (tertiary/aromatic N) is 1. The molecule has 1 atom stereocenters. The molecule has 5 rings (SSSR count). The van der Waals surface area contributed by atoms with Crippen LogP contribution in [0.1, 0.15) is 26.9 Å². The van der Waals surface area contributed by atoms with Crippen LogP contribution in [0.2, 0.25) is 0 Å². The van der Waals surface area contributed by atoms with Crippen LogP contribution in [-0.2, 0) is 6.54 Å². The van der Waals surface area contributed by atoms with Crippen LogP contribution >= 0.6 is 11.3 Å². The van der Waals surface area contributed by atoms with Crippen molar-refractivity contribution in [2.24, 2.45) is 0 Å². The van der Waals surface area contributed by atoms with Gasteiger partial charge in [0.2, 0.25) is 0 Å². The summed E-state index contributed by atoms with van der Waals surface area (Å²) in [6.45, 7) is 1.93. The molecule has 5 nitrogen and oxygen atoms in total. The third kappa shape index (κ3) is 3.10. The molecular formula is C22H19NO4S. The fourth-order valence-electron chi connectivity index (χ4n) is 3.56. The summed E-state index contributed by atoms with van der Waals surface area (Å²) in [5, 5.41) is 1.85. The highest BCUT2D eigenvalue weighted by Crippen LogP contribution is 2.41. The smallest absolute Gasteiger partial charge is 0.268 e. The van der Waals surface area contributed by atoms with Crippen molar-refractivity contribution >= 4 is 17.2 Å². The average Bonchev–Trinajstić information content (AvgIpc) is 3.07. The number of amides is 1. The standard InChI is InChI=1S/C22H19NO4S/c24-22(21-20-19(14-28-21)25-10-11-26-20)23-12-16-8-4-5-9-17(16)27-18(13-23)15-6-2-1-3-7-15/h1-9,14,18H,10-13H2. The van der Waals surface area contributed by atoms with Crippen molar-refractivity contribution in [1.29, 1.82) is 0 Å². The third-order valence-corrected chi connectivity index (χ3v) is 5.87. The summed E-state index contributed by atoms with van der Waals surface area (Å²) >= 11 is 1.37. The molecule has 3 heterocycles.